The summed E-state index contributed by atoms with van der Waals surface area (Å²) in [5, 5.41) is 3.59. The third kappa shape index (κ3) is 8.38. The molecule has 5 nitrogen and oxygen atoms in total. The minimum absolute atomic E-state index is 0.180. The second-order valence-corrected chi connectivity index (χ2v) is 10.5. The number of aryl methyl sites for hydroxylation is 1. The van der Waals surface area contributed by atoms with Crippen LogP contribution < -0.4 is 10.1 Å². The van der Waals surface area contributed by atoms with Gasteiger partial charge < -0.3 is 15.0 Å². The summed E-state index contributed by atoms with van der Waals surface area (Å²) in [6, 6.07) is 22.2. The van der Waals surface area contributed by atoms with Crippen molar-refractivity contribution >= 4 is 39.3 Å². The zero-order valence-corrected chi connectivity index (χ0v) is 23.2. The Morgan fingerprint density at radius 1 is 1.00 bits per heavy atom. The number of amides is 2. The minimum atomic E-state index is -0.697. The van der Waals surface area contributed by atoms with Crippen LogP contribution in [0.4, 0.5) is 0 Å². The molecular weight excluding hydrogens is 540 g/mol. The third-order valence-electron chi connectivity index (χ3n) is 5.67. The molecule has 0 aliphatic carbocycles. The van der Waals surface area contributed by atoms with E-state index in [9.17, 15) is 9.59 Å². The van der Waals surface area contributed by atoms with Crippen molar-refractivity contribution in [1.82, 2.24) is 10.2 Å². The lowest BCUT2D eigenvalue weighted by Gasteiger charge is -2.31. The van der Waals surface area contributed by atoms with Gasteiger partial charge in [0.05, 0.1) is 4.47 Å². The highest BCUT2D eigenvalue weighted by Gasteiger charge is 2.30. The smallest absolute Gasteiger partial charge is 0.261 e. The maximum absolute atomic E-state index is 13.6. The Labute approximate surface area is 226 Å². The number of halogens is 2. The molecule has 3 aromatic carbocycles. The lowest BCUT2D eigenvalue weighted by molar-refractivity contribution is -0.142. The SMILES string of the molecule is Cc1ccc(CN(C(=O)COc2ccc(Cl)cc2Br)C(Cc2ccccc2)C(=O)NCC(C)C)cc1. The molecule has 0 spiro atoms. The molecule has 0 saturated carbocycles. The van der Waals surface area contributed by atoms with Gasteiger partial charge in [-0.3, -0.25) is 9.59 Å². The number of nitrogens with one attached hydrogen (secondary N) is 1. The van der Waals surface area contributed by atoms with Crippen molar-refractivity contribution in [2.24, 2.45) is 5.92 Å². The van der Waals surface area contributed by atoms with Crippen LogP contribution in [0.25, 0.3) is 0 Å². The maximum Gasteiger partial charge on any atom is 0.261 e. The largest absolute Gasteiger partial charge is 0.483 e. The summed E-state index contributed by atoms with van der Waals surface area (Å²) in [5.41, 5.74) is 3.05. The van der Waals surface area contributed by atoms with E-state index in [4.69, 9.17) is 16.3 Å². The number of hydrogen-bond acceptors (Lipinski definition) is 3. The van der Waals surface area contributed by atoms with Crippen LogP contribution in [-0.2, 0) is 22.6 Å². The fourth-order valence-corrected chi connectivity index (χ4v) is 4.48. The van der Waals surface area contributed by atoms with Crippen molar-refractivity contribution in [2.75, 3.05) is 13.2 Å². The highest BCUT2D eigenvalue weighted by Crippen LogP contribution is 2.28. The topological polar surface area (TPSA) is 58.6 Å². The molecular formula is C29H32BrClN2O3. The molecule has 0 aliphatic heterocycles. The molecule has 190 valence electrons. The van der Waals surface area contributed by atoms with Crippen LogP contribution in [-0.4, -0.2) is 35.9 Å². The molecule has 3 rings (SSSR count). The van der Waals surface area contributed by atoms with E-state index in [2.05, 4.69) is 21.2 Å². The van der Waals surface area contributed by atoms with Crippen LogP contribution in [0, 0.1) is 12.8 Å². The maximum atomic E-state index is 13.6. The van der Waals surface area contributed by atoms with Gasteiger partial charge in [0, 0.05) is 24.5 Å². The van der Waals surface area contributed by atoms with E-state index in [0.717, 1.165) is 16.7 Å². The summed E-state index contributed by atoms with van der Waals surface area (Å²) in [6.07, 6.45) is 0.396. The zero-order valence-electron chi connectivity index (χ0n) is 20.8. The first-order valence-electron chi connectivity index (χ1n) is 12.0. The molecule has 0 heterocycles. The van der Waals surface area contributed by atoms with E-state index >= 15 is 0 Å². The molecule has 3 aromatic rings. The summed E-state index contributed by atoms with van der Waals surface area (Å²) < 4.78 is 6.50. The molecule has 7 heteroatoms. The Kier molecular flexibility index (Phi) is 10.4. The van der Waals surface area contributed by atoms with Crippen molar-refractivity contribution in [3.05, 3.63) is 99.0 Å². The first-order chi connectivity index (χ1) is 17.2. The van der Waals surface area contributed by atoms with Crippen molar-refractivity contribution in [3.8, 4) is 5.75 Å². The minimum Gasteiger partial charge on any atom is -0.483 e. The second kappa shape index (κ2) is 13.5. The normalized spacial score (nSPS) is 11.7. The number of ether oxygens (including phenoxy) is 1. The van der Waals surface area contributed by atoms with Crippen LogP contribution in [0.3, 0.4) is 0 Å². The number of carbonyl (C=O) groups is 2. The lowest BCUT2D eigenvalue weighted by atomic mass is 10.0. The predicted octanol–water partition coefficient (Wildman–Crippen LogP) is 6.20. The standard InChI is InChI=1S/C29H32BrClN2O3/c1-20(2)17-32-29(35)26(15-22-7-5-4-6-8-22)33(18-23-11-9-21(3)10-12-23)28(34)19-36-27-14-13-24(31)16-25(27)30/h4-14,16,20,26H,15,17-19H2,1-3H3,(H,32,35). The van der Waals surface area contributed by atoms with Crippen LogP contribution in [0.5, 0.6) is 5.75 Å². The van der Waals surface area contributed by atoms with Gasteiger partial charge in [-0.15, -0.1) is 0 Å². The summed E-state index contributed by atoms with van der Waals surface area (Å²) >= 11 is 9.46. The number of nitrogens with zero attached hydrogens (tertiary/aromatic N) is 1. The van der Waals surface area contributed by atoms with Crippen molar-refractivity contribution < 1.29 is 14.3 Å². The number of benzene rings is 3. The van der Waals surface area contributed by atoms with Gasteiger partial charge in [0.2, 0.25) is 5.91 Å². The Morgan fingerprint density at radius 3 is 2.33 bits per heavy atom. The van der Waals surface area contributed by atoms with Crippen LogP contribution >= 0.6 is 27.5 Å². The molecule has 0 fully saturated rings. The Balaban J connectivity index is 1.90. The molecule has 36 heavy (non-hydrogen) atoms. The predicted molar refractivity (Wildman–Crippen MR) is 148 cm³/mol. The molecule has 1 unspecified atom stereocenters. The van der Waals surface area contributed by atoms with Crippen molar-refractivity contribution in [3.63, 3.8) is 0 Å². The molecule has 0 bridgehead atoms. The third-order valence-corrected chi connectivity index (χ3v) is 6.53. The van der Waals surface area contributed by atoms with Gasteiger partial charge in [0.1, 0.15) is 11.8 Å². The van der Waals surface area contributed by atoms with Gasteiger partial charge >= 0.3 is 0 Å². The lowest BCUT2D eigenvalue weighted by Crippen LogP contribution is -2.52. The Hall–Kier alpha value is -2.83. The Bertz CT molecular complexity index is 1150. The van der Waals surface area contributed by atoms with E-state index in [0.29, 0.717) is 28.2 Å². The van der Waals surface area contributed by atoms with Crippen LogP contribution in [0.15, 0.2) is 77.3 Å². The summed E-state index contributed by atoms with van der Waals surface area (Å²) in [6.45, 7) is 6.71. The van der Waals surface area contributed by atoms with E-state index in [1.807, 2.05) is 75.4 Å². The average Bonchev–Trinajstić information content (AvgIpc) is 2.85. The second-order valence-electron chi connectivity index (χ2n) is 9.22. The highest BCUT2D eigenvalue weighted by atomic mass is 79.9. The van der Waals surface area contributed by atoms with E-state index < -0.39 is 6.04 Å². The highest BCUT2D eigenvalue weighted by molar-refractivity contribution is 9.10. The molecule has 2 amide bonds. The summed E-state index contributed by atoms with van der Waals surface area (Å²) in [4.78, 5) is 28.7. The van der Waals surface area contributed by atoms with Gasteiger partial charge in [-0.2, -0.15) is 0 Å². The van der Waals surface area contributed by atoms with E-state index in [1.54, 1.807) is 23.1 Å². The van der Waals surface area contributed by atoms with Gasteiger partial charge in [0.25, 0.3) is 5.91 Å². The fraction of sp³-hybridized carbons (Fsp3) is 0.310. The molecule has 0 aromatic heterocycles. The fourth-order valence-electron chi connectivity index (χ4n) is 3.68. The number of carbonyl (C=O) groups excluding carboxylic acids is 2. The van der Waals surface area contributed by atoms with Crippen LogP contribution in [0.2, 0.25) is 5.02 Å². The van der Waals surface area contributed by atoms with Crippen LogP contribution in [0.1, 0.15) is 30.5 Å². The van der Waals surface area contributed by atoms with Gasteiger partial charge in [-0.1, -0.05) is 85.6 Å². The summed E-state index contributed by atoms with van der Waals surface area (Å²) in [5.74, 6) is 0.337. The Morgan fingerprint density at radius 2 is 1.69 bits per heavy atom. The zero-order chi connectivity index (χ0) is 26.1. The molecule has 1 atom stereocenters. The molecule has 0 saturated heterocycles. The van der Waals surface area contributed by atoms with E-state index in [1.165, 1.54) is 0 Å². The van der Waals surface area contributed by atoms with Crippen molar-refractivity contribution in [1.29, 1.82) is 0 Å². The number of rotatable bonds is 11. The number of hydrogen-bond donors (Lipinski definition) is 1. The molecule has 0 radical (unpaired) electrons. The quantitative estimate of drug-likeness (QED) is 0.298. The first kappa shape index (κ1) is 27.8. The van der Waals surface area contributed by atoms with Gasteiger partial charge in [-0.05, 0) is 58.1 Å². The molecule has 1 N–H and O–H groups in total. The van der Waals surface area contributed by atoms with Gasteiger partial charge in [0.15, 0.2) is 6.61 Å². The van der Waals surface area contributed by atoms with Gasteiger partial charge in [-0.25, -0.2) is 0 Å². The summed E-state index contributed by atoms with van der Waals surface area (Å²) in [7, 11) is 0. The molecule has 0 aliphatic rings. The van der Waals surface area contributed by atoms with Crippen molar-refractivity contribution in [2.45, 2.75) is 39.8 Å². The first-order valence-corrected chi connectivity index (χ1v) is 13.1. The van der Waals surface area contributed by atoms with E-state index in [-0.39, 0.29) is 30.9 Å². The monoisotopic (exact) mass is 570 g/mol. The average molecular weight is 572 g/mol.